The molecule has 2 rings (SSSR count). The number of nitrogens with zero attached hydrogens (tertiary/aromatic N) is 1. The van der Waals surface area contributed by atoms with Gasteiger partial charge in [0.05, 0.1) is 22.8 Å². The van der Waals surface area contributed by atoms with E-state index in [0.717, 1.165) is 23.1 Å². The van der Waals surface area contributed by atoms with Gasteiger partial charge >= 0.3 is 6.18 Å². The smallest absolute Gasteiger partial charge is 0.324 e. The molecule has 1 amide bonds. The van der Waals surface area contributed by atoms with Crippen molar-refractivity contribution in [1.29, 1.82) is 0 Å². The zero-order valence-electron chi connectivity index (χ0n) is 12.9. The molecule has 0 fully saturated rings. The van der Waals surface area contributed by atoms with E-state index in [9.17, 15) is 18.0 Å². The number of halogens is 4. The molecule has 0 saturated carbocycles. The second-order valence-electron chi connectivity index (χ2n) is 5.12. The van der Waals surface area contributed by atoms with Gasteiger partial charge in [-0.15, -0.1) is 11.3 Å². The molecule has 0 spiro atoms. The van der Waals surface area contributed by atoms with Crippen molar-refractivity contribution in [2.75, 3.05) is 18.4 Å². The van der Waals surface area contributed by atoms with Crippen LogP contribution in [0.5, 0.6) is 0 Å². The number of anilines is 1. The molecule has 130 valence electrons. The number of rotatable bonds is 6. The average Bonchev–Trinajstić information content (AvgIpc) is 3.00. The molecule has 2 aromatic rings. The monoisotopic (exact) mass is 376 g/mol. The Morgan fingerprint density at radius 3 is 2.67 bits per heavy atom. The van der Waals surface area contributed by atoms with Crippen molar-refractivity contribution in [1.82, 2.24) is 4.90 Å². The van der Waals surface area contributed by atoms with Crippen molar-refractivity contribution in [3.63, 3.8) is 0 Å². The first-order chi connectivity index (χ1) is 11.3. The summed E-state index contributed by atoms with van der Waals surface area (Å²) in [5.41, 5.74) is -0.892. The van der Waals surface area contributed by atoms with Crippen LogP contribution >= 0.6 is 22.9 Å². The van der Waals surface area contributed by atoms with Crippen LogP contribution in [0.3, 0.4) is 0 Å². The lowest BCUT2D eigenvalue weighted by Gasteiger charge is -2.19. The number of likely N-dealkylation sites (N-methyl/N-ethyl adjacent to an activating group) is 1. The number of amides is 1. The van der Waals surface area contributed by atoms with E-state index in [1.807, 2.05) is 29.3 Å². The van der Waals surface area contributed by atoms with Crippen molar-refractivity contribution in [3.05, 3.63) is 51.2 Å². The Bertz CT molecular complexity index is 689. The van der Waals surface area contributed by atoms with Crippen LogP contribution in [-0.2, 0) is 17.5 Å². The maximum Gasteiger partial charge on any atom is 0.416 e. The van der Waals surface area contributed by atoms with Crippen LogP contribution in [0.25, 0.3) is 0 Å². The molecule has 0 radical (unpaired) electrons. The zero-order chi connectivity index (χ0) is 17.7. The molecule has 0 aliphatic carbocycles. The Kier molecular flexibility index (Phi) is 6.26. The maximum absolute atomic E-state index is 12.8. The Morgan fingerprint density at radius 1 is 1.33 bits per heavy atom. The van der Waals surface area contributed by atoms with Gasteiger partial charge in [0.15, 0.2) is 0 Å². The Hall–Kier alpha value is -1.57. The van der Waals surface area contributed by atoms with Crippen molar-refractivity contribution < 1.29 is 18.0 Å². The lowest BCUT2D eigenvalue weighted by molar-refractivity contribution is -0.137. The second kappa shape index (κ2) is 8.00. The minimum atomic E-state index is -4.49. The summed E-state index contributed by atoms with van der Waals surface area (Å²) in [7, 11) is 0. The van der Waals surface area contributed by atoms with Crippen LogP contribution in [0, 0.1) is 0 Å². The standard InChI is InChI=1S/C16H16ClF3N2OS/c1-2-22(9-12-4-3-7-24-12)10-15(23)21-14-8-11(16(18,19)20)5-6-13(14)17/h3-8H,2,9-10H2,1H3,(H,21,23). The molecule has 0 unspecified atom stereocenters. The summed E-state index contributed by atoms with van der Waals surface area (Å²) in [5, 5.41) is 4.48. The molecule has 0 saturated heterocycles. The quantitative estimate of drug-likeness (QED) is 0.779. The number of alkyl halides is 3. The Balaban J connectivity index is 2.03. The van der Waals surface area contributed by atoms with Gasteiger partial charge in [-0.1, -0.05) is 24.6 Å². The first-order valence-electron chi connectivity index (χ1n) is 7.21. The summed E-state index contributed by atoms with van der Waals surface area (Å²) in [4.78, 5) is 15.1. The van der Waals surface area contributed by atoms with Crippen molar-refractivity contribution >= 4 is 34.5 Å². The van der Waals surface area contributed by atoms with Crippen molar-refractivity contribution in [2.24, 2.45) is 0 Å². The van der Waals surface area contributed by atoms with Gasteiger partial charge in [-0.3, -0.25) is 9.69 Å². The molecular weight excluding hydrogens is 361 g/mol. The topological polar surface area (TPSA) is 32.3 Å². The summed E-state index contributed by atoms with van der Waals surface area (Å²) in [5.74, 6) is -0.408. The molecule has 0 atom stereocenters. The molecule has 1 aromatic heterocycles. The van der Waals surface area contributed by atoms with E-state index in [0.29, 0.717) is 13.1 Å². The predicted octanol–water partition coefficient (Wildman–Crippen LogP) is 4.88. The minimum absolute atomic E-state index is 0.0383. The lowest BCUT2D eigenvalue weighted by Crippen LogP contribution is -2.32. The van der Waals surface area contributed by atoms with Crippen LogP contribution in [-0.4, -0.2) is 23.9 Å². The minimum Gasteiger partial charge on any atom is -0.324 e. The predicted molar refractivity (Wildman–Crippen MR) is 90.4 cm³/mol. The van der Waals surface area contributed by atoms with E-state index < -0.39 is 17.6 Å². The molecular formula is C16H16ClF3N2OS. The van der Waals surface area contributed by atoms with E-state index in [4.69, 9.17) is 11.6 Å². The summed E-state index contributed by atoms with van der Waals surface area (Å²) < 4.78 is 38.3. The van der Waals surface area contributed by atoms with Gasteiger partial charge < -0.3 is 5.32 Å². The number of hydrogen-bond donors (Lipinski definition) is 1. The fraction of sp³-hybridized carbons (Fsp3) is 0.312. The maximum atomic E-state index is 12.8. The number of benzene rings is 1. The third kappa shape index (κ3) is 5.22. The highest BCUT2D eigenvalue weighted by molar-refractivity contribution is 7.09. The van der Waals surface area contributed by atoms with Crippen LogP contribution in [0.15, 0.2) is 35.7 Å². The highest BCUT2D eigenvalue weighted by atomic mass is 35.5. The molecule has 1 N–H and O–H groups in total. The first kappa shape index (κ1) is 18.8. The molecule has 1 aromatic carbocycles. The van der Waals surface area contributed by atoms with Gasteiger partial charge in [0.2, 0.25) is 5.91 Å². The SMILES string of the molecule is CCN(CC(=O)Nc1cc(C(F)(F)F)ccc1Cl)Cc1cccs1. The number of hydrogen-bond acceptors (Lipinski definition) is 3. The molecule has 0 bridgehead atoms. The molecule has 3 nitrogen and oxygen atoms in total. The number of carbonyl (C=O) groups excluding carboxylic acids is 1. The molecule has 0 aliphatic heterocycles. The highest BCUT2D eigenvalue weighted by Gasteiger charge is 2.31. The summed E-state index contributed by atoms with van der Waals surface area (Å²) >= 11 is 7.47. The summed E-state index contributed by atoms with van der Waals surface area (Å²) in [6, 6.07) is 6.75. The van der Waals surface area contributed by atoms with Crippen molar-refractivity contribution in [3.8, 4) is 0 Å². The van der Waals surface area contributed by atoms with Gasteiger partial charge in [-0.2, -0.15) is 13.2 Å². The number of thiophene rings is 1. The second-order valence-corrected chi connectivity index (χ2v) is 6.56. The average molecular weight is 377 g/mol. The summed E-state index contributed by atoms with van der Waals surface area (Å²) in [6.07, 6.45) is -4.49. The van der Waals surface area contributed by atoms with E-state index in [2.05, 4.69) is 5.32 Å². The Morgan fingerprint density at radius 2 is 2.08 bits per heavy atom. The van der Waals surface area contributed by atoms with Gasteiger partial charge in [-0.05, 0) is 36.2 Å². The van der Waals surface area contributed by atoms with E-state index in [1.54, 1.807) is 11.3 Å². The normalized spacial score (nSPS) is 11.8. The van der Waals surface area contributed by atoms with Crippen molar-refractivity contribution in [2.45, 2.75) is 19.6 Å². The van der Waals surface area contributed by atoms with Gasteiger partial charge in [0.25, 0.3) is 0 Å². The van der Waals surface area contributed by atoms with E-state index >= 15 is 0 Å². The molecule has 8 heteroatoms. The van der Waals surface area contributed by atoms with Crippen LogP contribution < -0.4 is 5.32 Å². The first-order valence-corrected chi connectivity index (χ1v) is 8.46. The zero-order valence-corrected chi connectivity index (χ0v) is 14.4. The molecule has 24 heavy (non-hydrogen) atoms. The number of carbonyl (C=O) groups is 1. The highest BCUT2D eigenvalue weighted by Crippen LogP contribution is 2.33. The van der Waals surface area contributed by atoms with Crippen LogP contribution in [0.4, 0.5) is 18.9 Å². The van der Waals surface area contributed by atoms with Gasteiger partial charge in [0.1, 0.15) is 0 Å². The van der Waals surface area contributed by atoms with E-state index in [-0.39, 0.29) is 17.3 Å². The van der Waals surface area contributed by atoms with Gasteiger partial charge in [-0.25, -0.2) is 0 Å². The molecule has 0 aliphatic rings. The van der Waals surface area contributed by atoms with Crippen LogP contribution in [0.1, 0.15) is 17.4 Å². The number of nitrogens with one attached hydrogen (secondary N) is 1. The Labute approximate surface area is 147 Å². The molecule has 1 heterocycles. The van der Waals surface area contributed by atoms with E-state index in [1.165, 1.54) is 0 Å². The third-order valence-electron chi connectivity index (χ3n) is 3.34. The van der Waals surface area contributed by atoms with Gasteiger partial charge in [0, 0.05) is 11.4 Å². The fourth-order valence-electron chi connectivity index (χ4n) is 2.09. The summed E-state index contributed by atoms with van der Waals surface area (Å²) in [6.45, 7) is 3.23. The van der Waals surface area contributed by atoms with Crippen LogP contribution in [0.2, 0.25) is 5.02 Å². The lowest BCUT2D eigenvalue weighted by atomic mass is 10.2. The fourth-order valence-corrected chi connectivity index (χ4v) is 3.00. The third-order valence-corrected chi connectivity index (χ3v) is 4.53. The largest absolute Gasteiger partial charge is 0.416 e.